The zero-order valence-electron chi connectivity index (χ0n) is 16.0. The molecule has 0 saturated heterocycles. The van der Waals surface area contributed by atoms with E-state index in [1.165, 1.54) is 18.3 Å². The number of alkyl carbamates (subject to hydrolysis) is 1. The van der Waals surface area contributed by atoms with Gasteiger partial charge >= 0.3 is 12.3 Å². The molecule has 1 atom stereocenters. The second-order valence-electron chi connectivity index (χ2n) is 7.01. The molecule has 1 N–H and O–H groups in total. The molecule has 7 heteroatoms. The molecule has 4 nitrogen and oxygen atoms in total. The SMILES string of the molecule is CC#Cc1cccnc1[C@@H](NC(=O)OC(C)(C)C)c1ccc(C(F)(F)F)cc1. The summed E-state index contributed by atoms with van der Waals surface area (Å²) in [6, 6.07) is 7.15. The van der Waals surface area contributed by atoms with Crippen LogP contribution >= 0.6 is 0 Å². The molecule has 0 radical (unpaired) electrons. The maximum Gasteiger partial charge on any atom is 0.416 e. The molecule has 148 valence electrons. The largest absolute Gasteiger partial charge is 0.444 e. The minimum Gasteiger partial charge on any atom is -0.444 e. The van der Waals surface area contributed by atoms with Crippen molar-refractivity contribution in [1.82, 2.24) is 10.3 Å². The van der Waals surface area contributed by atoms with Crippen molar-refractivity contribution >= 4 is 6.09 Å². The highest BCUT2D eigenvalue weighted by Crippen LogP contribution is 2.31. The molecule has 0 spiro atoms. The first-order valence-electron chi connectivity index (χ1n) is 8.55. The Labute approximate surface area is 162 Å². The summed E-state index contributed by atoms with van der Waals surface area (Å²) in [5.41, 5.74) is -0.0997. The Kier molecular flexibility index (Phi) is 6.34. The topological polar surface area (TPSA) is 51.2 Å². The molecule has 0 fully saturated rings. The van der Waals surface area contributed by atoms with Gasteiger partial charge in [-0.2, -0.15) is 13.2 Å². The van der Waals surface area contributed by atoms with Crippen molar-refractivity contribution < 1.29 is 22.7 Å². The number of hydrogen-bond acceptors (Lipinski definition) is 3. The van der Waals surface area contributed by atoms with Gasteiger partial charge in [0.15, 0.2) is 0 Å². The number of alkyl halides is 3. The van der Waals surface area contributed by atoms with Crippen LogP contribution in [0.5, 0.6) is 0 Å². The van der Waals surface area contributed by atoms with Crippen molar-refractivity contribution in [3.8, 4) is 11.8 Å². The van der Waals surface area contributed by atoms with Crippen LogP contribution in [-0.2, 0) is 10.9 Å². The number of rotatable bonds is 3. The molecular formula is C21H21F3N2O2. The van der Waals surface area contributed by atoms with Crippen molar-refractivity contribution in [3.63, 3.8) is 0 Å². The first-order valence-corrected chi connectivity index (χ1v) is 8.55. The van der Waals surface area contributed by atoms with E-state index in [4.69, 9.17) is 4.74 Å². The van der Waals surface area contributed by atoms with E-state index < -0.39 is 29.5 Å². The van der Waals surface area contributed by atoms with Crippen LogP contribution in [0.25, 0.3) is 0 Å². The number of benzene rings is 1. The molecule has 0 aliphatic rings. The highest BCUT2D eigenvalue weighted by atomic mass is 19.4. The zero-order valence-corrected chi connectivity index (χ0v) is 16.0. The van der Waals surface area contributed by atoms with Crippen molar-refractivity contribution in [2.24, 2.45) is 0 Å². The number of hydrogen-bond donors (Lipinski definition) is 1. The lowest BCUT2D eigenvalue weighted by Crippen LogP contribution is -2.36. The third kappa shape index (κ3) is 5.74. The van der Waals surface area contributed by atoms with Gasteiger partial charge in [-0.15, -0.1) is 5.92 Å². The van der Waals surface area contributed by atoms with E-state index in [0.717, 1.165) is 12.1 Å². The molecular weight excluding hydrogens is 369 g/mol. The van der Waals surface area contributed by atoms with Crippen LogP contribution < -0.4 is 5.32 Å². The third-order valence-corrected chi connectivity index (χ3v) is 3.60. The molecule has 0 aliphatic heterocycles. The van der Waals surface area contributed by atoms with Crippen LogP contribution in [0.3, 0.4) is 0 Å². The van der Waals surface area contributed by atoms with Crippen LogP contribution in [-0.4, -0.2) is 16.7 Å². The zero-order chi connectivity index (χ0) is 20.9. The fraction of sp³-hybridized carbons (Fsp3) is 0.333. The summed E-state index contributed by atoms with van der Waals surface area (Å²) < 4.78 is 43.9. The van der Waals surface area contributed by atoms with Gasteiger partial charge in [-0.3, -0.25) is 4.98 Å². The number of amides is 1. The first-order chi connectivity index (χ1) is 13.0. The molecule has 0 saturated carbocycles. The van der Waals surface area contributed by atoms with Gasteiger partial charge in [0, 0.05) is 11.8 Å². The fourth-order valence-corrected chi connectivity index (χ4v) is 2.49. The lowest BCUT2D eigenvalue weighted by atomic mass is 9.98. The summed E-state index contributed by atoms with van der Waals surface area (Å²) in [7, 11) is 0. The molecule has 0 unspecified atom stereocenters. The second kappa shape index (κ2) is 8.34. The number of aromatic nitrogens is 1. The predicted molar refractivity (Wildman–Crippen MR) is 99.4 cm³/mol. The smallest absolute Gasteiger partial charge is 0.416 e. The monoisotopic (exact) mass is 390 g/mol. The van der Waals surface area contributed by atoms with Gasteiger partial charge in [0.1, 0.15) is 11.6 Å². The van der Waals surface area contributed by atoms with E-state index in [1.54, 1.807) is 39.8 Å². The highest BCUT2D eigenvalue weighted by molar-refractivity contribution is 5.69. The number of carbonyl (C=O) groups excluding carboxylic acids is 1. The fourth-order valence-electron chi connectivity index (χ4n) is 2.49. The van der Waals surface area contributed by atoms with E-state index in [1.807, 2.05) is 0 Å². The lowest BCUT2D eigenvalue weighted by Gasteiger charge is -2.24. The average molecular weight is 390 g/mol. The summed E-state index contributed by atoms with van der Waals surface area (Å²) in [5.74, 6) is 5.67. The number of carbonyl (C=O) groups is 1. The normalized spacial score (nSPS) is 12.5. The first kappa shape index (κ1) is 21.3. The number of nitrogens with zero attached hydrogens (tertiary/aromatic N) is 1. The van der Waals surface area contributed by atoms with Crippen molar-refractivity contribution in [1.29, 1.82) is 0 Å². The molecule has 2 rings (SSSR count). The minimum absolute atomic E-state index is 0.419. The van der Waals surface area contributed by atoms with Crippen molar-refractivity contribution in [3.05, 3.63) is 65.0 Å². The Hall–Kier alpha value is -3.01. The Balaban J connectivity index is 2.47. The highest BCUT2D eigenvalue weighted by Gasteiger charge is 2.31. The van der Waals surface area contributed by atoms with Crippen LogP contribution in [0, 0.1) is 11.8 Å². The van der Waals surface area contributed by atoms with Crippen LogP contribution in [0.2, 0.25) is 0 Å². The minimum atomic E-state index is -4.45. The standard InChI is InChI=1S/C21H21F3N2O2/c1-5-7-14-8-6-13-25-17(14)18(26-19(27)28-20(2,3)4)15-9-11-16(12-10-15)21(22,23)24/h6,8-13,18H,1-4H3,(H,26,27)/t18-/m0/s1. The maximum atomic E-state index is 12.9. The van der Waals surface area contributed by atoms with Gasteiger partial charge in [0.05, 0.1) is 11.3 Å². The summed E-state index contributed by atoms with van der Waals surface area (Å²) in [6.45, 7) is 6.81. The summed E-state index contributed by atoms with van der Waals surface area (Å²) in [6.07, 6.45) is -3.63. The van der Waals surface area contributed by atoms with Crippen molar-refractivity contribution in [2.75, 3.05) is 0 Å². The van der Waals surface area contributed by atoms with E-state index in [2.05, 4.69) is 22.1 Å². The number of nitrogens with one attached hydrogen (secondary N) is 1. The van der Waals surface area contributed by atoms with Gasteiger partial charge in [-0.25, -0.2) is 4.79 Å². The Bertz CT molecular complexity index is 889. The number of ether oxygens (including phenoxy) is 1. The van der Waals surface area contributed by atoms with Gasteiger partial charge in [-0.05, 0) is 57.5 Å². The van der Waals surface area contributed by atoms with Gasteiger partial charge in [-0.1, -0.05) is 18.1 Å². The lowest BCUT2D eigenvalue weighted by molar-refractivity contribution is -0.137. The van der Waals surface area contributed by atoms with E-state index in [0.29, 0.717) is 16.8 Å². The number of halogens is 3. The van der Waals surface area contributed by atoms with Gasteiger partial charge in [0.2, 0.25) is 0 Å². The molecule has 1 aromatic carbocycles. The van der Waals surface area contributed by atoms with Crippen LogP contribution in [0.1, 0.15) is 56.1 Å². The molecule has 1 heterocycles. The summed E-state index contributed by atoms with van der Waals surface area (Å²) >= 11 is 0. The average Bonchev–Trinajstić information content (AvgIpc) is 2.58. The summed E-state index contributed by atoms with van der Waals surface area (Å²) in [4.78, 5) is 16.6. The number of pyridine rings is 1. The predicted octanol–water partition coefficient (Wildman–Crippen LogP) is 5.09. The van der Waals surface area contributed by atoms with Gasteiger partial charge in [0.25, 0.3) is 0 Å². The van der Waals surface area contributed by atoms with Crippen LogP contribution in [0.15, 0.2) is 42.6 Å². The quantitative estimate of drug-likeness (QED) is 0.743. The molecule has 1 aromatic heterocycles. The Morgan fingerprint density at radius 2 is 1.79 bits per heavy atom. The Morgan fingerprint density at radius 1 is 1.14 bits per heavy atom. The van der Waals surface area contributed by atoms with E-state index in [9.17, 15) is 18.0 Å². The van der Waals surface area contributed by atoms with Gasteiger partial charge < -0.3 is 10.1 Å². The molecule has 0 aliphatic carbocycles. The van der Waals surface area contributed by atoms with E-state index in [-0.39, 0.29) is 0 Å². The molecule has 1 amide bonds. The molecule has 28 heavy (non-hydrogen) atoms. The van der Waals surface area contributed by atoms with Crippen LogP contribution in [0.4, 0.5) is 18.0 Å². The van der Waals surface area contributed by atoms with E-state index >= 15 is 0 Å². The maximum absolute atomic E-state index is 12.9. The molecule has 2 aromatic rings. The Morgan fingerprint density at radius 3 is 2.32 bits per heavy atom. The summed E-state index contributed by atoms with van der Waals surface area (Å²) in [5, 5.41) is 2.69. The van der Waals surface area contributed by atoms with Crippen molar-refractivity contribution in [2.45, 2.75) is 45.5 Å². The third-order valence-electron chi connectivity index (χ3n) is 3.60. The molecule has 0 bridgehead atoms. The second-order valence-corrected chi connectivity index (χ2v) is 7.01.